The summed E-state index contributed by atoms with van der Waals surface area (Å²) in [6.07, 6.45) is 5.34. The molecule has 0 saturated carbocycles. The van der Waals surface area contributed by atoms with E-state index in [1.165, 1.54) is 12.1 Å². The molecule has 1 aromatic rings. The molecule has 2 heterocycles. The molecule has 0 aliphatic carbocycles. The van der Waals surface area contributed by atoms with Crippen molar-refractivity contribution in [2.45, 2.75) is 49.5 Å². The van der Waals surface area contributed by atoms with Crippen LogP contribution in [0.15, 0.2) is 23.1 Å². The summed E-state index contributed by atoms with van der Waals surface area (Å²) in [5.74, 6) is 0.853. The van der Waals surface area contributed by atoms with Crippen LogP contribution in [0.25, 0.3) is 0 Å². The number of amides is 3. The van der Waals surface area contributed by atoms with Gasteiger partial charge in [0.25, 0.3) is 0 Å². The van der Waals surface area contributed by atoms with Crippen molar-refractivity contribution < 1.29 is 14.0 Å². The Balaban J connectivity index is 1.42. The first-order valence-electron chi connectivity index (χ1n) is 9.38. The number of nitrogens with one attached hydrogen (secondary N) is 2. The number of likely N-dealkylation sites (tertiary alicyclic amines) is 1. The van der Waals surface area contributed by atoms with E-state index in [4.69, 9.17) is 0 Å². The van der Waals surface area contributed by atoms with Crippen molar-refractivity contribution in [3.05, 3.63) is 29.6 Å². The van der Waals surface area contributed by atoms with Crippen LogP contribution in [-0.2, 0) is 4.79 Å². The van der Waals surface area contributed by atoms with Crippen LogP contribution in [0.3, 0.4) is 0 Å². The molecule has 1 saturated heterocycles. The standard InChI is InChI=1S/C19H26FN3O2S/c20-14-6-7-17-15(13-14)16(8-12-26-17)22-19(25)21-9-4-11-23-10-3-1-2-5-18(23)24/h6-7,13,16H,1-5,8-12H2,(H2,21,22,25). The van der Waals surface area contributed by atoms with Gasteiger partial charge < -0.3 is 15.5 Å². The van der Waals surface area contributed by atoms with Gasteiger partial charge in [0.1, 0.15) is 5.82 Å². The van der Waals surface area contributed by atoms with Crippen molar-refractivity contribution in [1.82, 2.24) is 15.5 Å². The van der Waals surface area contributed by atoms with E-state index in [0.717, 1.165) is 54.9 Å². The highest BCUT2D eigenvalue weighted by Crippen LogP contribution is 2.36. The van der Waals surface area contributed by atoms with E-state index < -0.39 is 0 Å². The number of carbonyl (C=O) groups excluding carboxylic acids is 2. The highest BCUT2D eigenvalue weighted by molar-refractivity contribution is 7.99. The van der Waals surface area contributed by atoms with Gasteiger partial charge in [0.05, 0.1) is 6.04 Å². The van der Waals surface area contributed by atoms with E-state index in [2.05, 4.69) is 10.6 Å². The van der Waals surface area contributed by atoms with Crippen LogP contribution >= 0.6 is 11.8 Å². The lowest BCUT2D eigenvalue weighted by molar-refractivity contribution is -0.130. The van der Waals surface area contributed by atoms with Crippen molar-refractivity contribution >= 4 is 23.7 Å². The molecule has 0 aromatic heterocycles. The van der Waals surface area contributed by atoms with Crippen LogP contribution in [0.2, 0.25) is 0 Å². The lowest BCUT2D eigenvalue weighted by Gasteiger charge is -2.26. The molecule has 2 N–H and O–H groups in total. The Morgan fingerprint density at radius 3 is 3.08 bits per heavy atom. The summed E-state index contributed by atoms with van der Waals surface area (Å²) in [6, 6.07) is 4.35. The van der Waals surface area contributed by atoms with Crippen molar-refractivity contribution in [2.24, 2.45) is 0 Å². The first-order valence-corrected chi connectivity index (χ1v) is 10.4. The summed E-state index contributed by atoms with van der Waals surface area (Å²) in [7, 11) is 0. The van der Waals surface area contributed by atoms with Crippen molar-refractivity contribution in [3.63, 3.8) is 0 Å². The number of nitrogens with zero attached hydrogens (tertiary/aromatic N) is 1. The third kappa shape index (κ3) is 5.13. The maximum absolute atomic E-state index is 13.5. The van der Waals surface area contributed by atoms with E-state index in [1.54, 1.807) is 17.8 Å². The Labute approximate surface area is 158 Å². The highest BCUT2D eigenvalue weighted by Gasteiger charge is 2.23. The zero-order valence-electron chi connectivity index (χ0n) is 14.9. The molecule has 7 heteroatoms. The van der Waals surface area contributed by atoms with E-state index in [1.807, 2.05) is 4.90 Å². The molecule has 1 unspecified atom stereocenters. The van der Waals surface area contributed by atoms with Crippen molar-refractivity contribution in [3.8, 4) is 0 Å². The van der Waals surface area contributed by atoms with Gasteiger partial charge in [-0.2, -0.15) is 0 Å². The zero-order chi connectivity index (χ0) is 18.4. The lowest BCUT2D eigenvalue weighted by atomic mass is 10.0. The normalized spacial score (nSPS) is 20.3. The number of fused-ring (bicyclic) bond motifs is 1. The van der Waals surface area contributed by atoms with Gasteiger partial charge in [-0.3, -0.25) is 4.79 Å². The monoisotopic (exact) mass is 379 g/mol. The first kappa shape index (κ1) is 19.0. The van der Waals surface area contributed by atoms with Crippen molar-refractivity contribution in [1.29, 1.82) is 0 Å². The van der Waals surface area contributed by atoms with Gasteiger partial charge in [0.2, 0.25) is 5.91 Å². The molecule has 3 amide bonds. The summed E-state index contributed by atoms with van der Waals surface area (Å²) >= 11 is 1.69. The van der Waals surface area contributed by atoms with Gasteiger partial charge >= 0.3 is 6.03 Å². The summed E-state index contributed by atoms with van der Waals surface area (Å²) in [5, 5.41) is 5.81. The Morgan fingerprint density at radius 1 is 1.31 bits per heavy atom. The van der Waals surface area contributed by atoms with Gasteiger partial charge in [0, 0.05) is 36.7 Å². The summed E-state index contributed by atoms with van der Waals surface area (Å²) in [5.41, 5.74) is 0.853. The Morgan fingerprint density at radius 2 is 2.19 bits per heavy atom. The van der Waals surface area contributed by atoms with Crippen LogP contribution < -0.4 is 10.6 Å². The molecule has 1 fully saturated rings. The van der Waals surface area contributed by atoms with E-state index in [9.17, 15) is 14.0 Å². The van der Waals surface area contributed by atoms with Gasteiger partial charge in [0.15, 0.2) is 0 Å². The van der Waals surface area contributed by atoms with Crippen LogP contribution in [0.1, 0.15) is 50.1 Å². The van der Waals surface area contributed by atoms with Crippen molar-refractivity contribution in [2.75, 3.05) is 25.4 Å². The number of urea groups is 1. The first-order chi connectivity index (χ1) is 12.6. The van der Waals surface area contributed by atoms with Crippen LogP contribution in [0.5, 0.6) is 0 Å². The Hall–Kier alpha value is -1.76. The van der Waals surface area contributed by atoms with E-state index in [-0.39, 0.29) is 23.8 Å². The predicted molar refractivity (Wildman–Crippen MR) is 101 cm³/mol. The summed E-state index contributed by atoms with van der Waals surface area (Å²) in [6.45, 7) is 2.04. The van der Waals surface area contributed by atoms with Crippen LogP contribution in [0, 0.1) is 5.82 Å². The second kappa shape index (κ2) is 9.26. The Kier molecular flexibility index (Phi) is 6.77. The summed E-state index contributed by atoms with van der Waals surface area (Å²) in [4.78, 5) is 27.1. The molecule has 142 valence electrons. The van der Waals surface area contributed by atoms with Gasteiger partial charge in [-0.25, -0.2) is 9.18 Å². The highest BCUT2D eigenvalue weighted by atomic mass is 32.2. The minimum Gasteiger partial charge on any atom is -0.343 e. The fraction of sp³-hybridized carbons (Fsp3) is 0.579. The fourth-order valence-electron chi connectivity index (χ4n) is 3.47. The smallest absolute Gasteiger partial charge is 0.315 e. The molecule has 5 nitrogen and oxygen atoms in total. The molecule has 3 rings (SSSR count). The number of rotatable bonds is 5. The molecule has 2 aliphatic rings. The van der Waals surface area contributed by atoms with Crippen LogP contribution in [0.4, 0.5) is 9.18 Å². The Bertz CT molecular complexity index is 656. The molecular weight excluding hydrogens is 353 g/mol. The molecule has 0 spiro atoms. The van der Waals surface area contributed by atoms with Gasteiger partial charge in [-0.1, -0.05) is 6.42 Å². The molecular formula is C19H26FN3O2S. The quantitative estimate of drug-likeness (QED) is 0.771. The zero-order valence-corrected chi connectivity index (χ0v) is 15.7. The molecule has 0 bridgehead atoms. The minimum absolute atomic E-state index is 0.158. The number of carbonyl (C=O) groups is 2. The topological polar surface area (TPSA) is 61.4 Å². The third-order valence-corrected chi connectivity index (χ3v) is 6.00. The number of hydrogen-bond donors (Lipinski definition) is 2. The second-order valence-corrected chi connectivity index (χ2v) is 7.95. The predicted octanol–water partition coefficient (Wildman–Crippen LogP) is 3.45. The summed E-state index contributed by atoms with van der Waals surface area (Å²) < 4.78 is 13.5. The maximum Gasteiger partial charge on any atom is 0.315 e. The largest absolute Gasteiger partial charge is 0.343 e. The third-order valence-electron chi connectivity index (χ3n) is 4.88. The average Bonchev–Trinajstić information content (AvgIpc) is 2.83. The molecule has 0 radical (unpaired) electrons. The minimum atomic E-state index is -0.277. The molecule has 1 aromatic carbocycles. The second-order valence-electron chi connectivity index (χ2n) is 6.82. The average molecular weight is 380 g/mol. The van der Waals surface area contributed by atoms with Gasteiger partial charge in [-0.05, 0) is 49.4 Å². The number of hydrogen-bond acceptors (Lipinski definition) is 3. The molecule has 26 heavy (non-hydrogen) atoms. The SMILES string of the molecule is O=C(NCCCN1CCCCCC1=O)NC1CCSc2ccc(F)cc21. The molecule has 2 aliphatic heterocycles. The van der Waals surface area contributed by atoms with Gasteiger partial charge in [-0.15, -0.1) is 11.8 Å². The number of benzene rings is 1. The number of thioether (sulfide) groups is 1. The maximum atomic E-state index is 13.5. The van der Waals surface area contributed by atoms with Crippen LogP contribution in [-0.4, -0.2) is 42.2 Å². The van der Waals surface area contributed by atoms with E-state index in [0.29, 0.717) is 19.5 Å². The molecule has 1 atom stereocenters. The lowest BCUT2D eigenvalue weighted by Crippen LogP contribution is -2.40. The fourth-order valence-corrected chi connectivity index (χ4v) is 4.58. The van der Waals surface area contributed by atoms with E-state index >= 15 is 0 Å². The number of halogens is 1.